The molecule has 2 heterocycles. The lowest BCUT2D eigenvalue weighted by atomic mass is 9.90. The average molecular weight is 327 g/mol. The van der Waals surface area contributed by atoms with Gasteiger partial charge < -0.3 is 0 Å². The van der Waals surface area contributed by atoms with Crippen LogP contribution in [0.25, 0.3) is 16.6 Å². The van der Waals surface area contributed by atoms with Crippen molar-refractivity contribution in [2.45, 2.75) is 59.3 Å². The molecule has 0 amide bonds. The zero-order valence-electron chi connectivity index (χ0n) is 15.2. The summed E-state index contributed by atoms with van der Waals surface area (Å²) in [5, 5.41) is 6.24. The lowest BCUT2D eigenvalue weighted by Gasteiger charge is -2.19. The van der Waals surface area contributed by atoms with E-state index in [2.05, 4.69) is 83.5 Å². The summed E-state index contributed by atoms with van der Waals surface area (Å²) in [4.78, 5) is 2.86. The van der Waals surface area contributed by atoms with Crippen LogP contribution in [0.1, 0.15) is 57.0 Å². The van der Waals surface area contributed by atoms with Crippen molar-refractivity contribution in [1.29, 1.82) is 0 Å². The molecular formula is C20H26N2S. The van der Waals surface area contributed by atoms with Crippen LogP contribution in [0.2, 0.25) is 0 Å². The first-order valence-electron chi connectivity index (χ1n) is 8.19. The van der Waals surface area contributed by atoms with Gasteiger partial charge in [-0.05, 0) is 29.9 Å². The summed E-state index contributed by atoms with van der Waals surface area (Å²) in [5.41, 5.74) is 3.78. The molecule has 0 aliphatic rings. The fourth-order valence-electron chi connectivity index (χ4n) is 3.00. The molecule has 3 rings (SSSR count). The second-order valence-electron chi connectivity index (χ2n) is 8.32. The Hall–Kier alpha value is -1.61. The van der Waals surface area contributed by atoms with Crippen LogP contribution in [-0.4, -0.2) is 9.78 Å². The zero-order chi connectivity index (χ0) is 17.0. The molecule has 0 bridgehead atoms. The van der Waals surface area contributed by atoms with Crippen LogP contribution < -0.4 is 0 Å². The van der Waals surface area contributed by atoms with Crippen molar-refractivity contribution in [2.75, 3.05) is 0 Å². The van der Waals surface area contributed by atoms with Gasteiger partial charge in [0.1, 0.15) is 0 Å². The Morgan fingerprint density at radius 3 is 1.96 bits per heavy atom. The number of nitrogens with zero attached hydrogens (tertiary/aromatic N) is 2. The van der Waals surface area contributed by atoms with E-state index < -0.39 is 0 Å². The fraction of sp³-hybridized carbons (Fsp3) is 0.450. The Morgan fingerprint density at radius 1 is 0.870 bits per heavy atom. The molecule has 3 aromatic rings. The Balaban J connectivity index is 2.44. The van der Waals surface area contributed by atoms with Crippen molar-refractivity contribution >= 4 is 22.2 Å². The van der Waals surface area contributed by atoms with Gasteiger partial charge in [-0.25, -0.2) is 4.68 Å². The quantitative estimate of drug-likeness (QED) is 0.537. The summed E-state index contributed by atoms with van der Waals surface area (Å²) in [5.74, 6) is 0. The molecule has 0 radical (unpaired) electrons. The standard InChI is InChI=1S/C20H26N2S/c1-13-15-16(22(21-13)14-11-9-8-10-12-14)18(20(5,6)7)23-17(15)19(2,3)4/h8-12H,1-7H3. The second kappa shape index (κ2) is 5.20. The maximum absolute atomic E-state index is 4.89. The topological polar surface area (TPSA) is 17.8 Å². The molecule has 0 N–H and O–H groups in total. The normalized spacial score (nSPS) is 13.0. The molecule has 0 spiro atoms. The predicted octanol–water partition coefficient (Wildman–Crippen LogP) is 5.99. The first kappa shape index (κ1) is 16.3. The molecule has 0 unspecified atom stereocenters. The number of hydrogen-bond acceptors (Lipinski definition) is 2. The molecule has 1 aromatic carbocycles. The molecule has 0 saturated heterocycles. The third-order valence-corrected chi connectivity index (χ3v) is 6.10. The number of rotatable bonds is 1. The van der Waals surface area contributed by atoms with Crippen LogP contribution in [0.15, 0.2) is 30.3 Å². The van der Waals surface area contributed by atoms with Crippen molar-refractivity contribution in [2.24, 2.45) is 0 Å². The summed E-state index contributed by atoms with van der Waals surface area (Å²) >= 11 is 1.96. The maximum atomic E-state index is 4.89. The van der Waals surface area contributed by atoms with Crippen molar-refractivity contribution in [3.8, 4) is 5.69 Å². The summed E-state index contributed by atoms with van der Waals surface area (Å²) < 4.78 is 2.14. The Bertz CT molecular complexity index is 840. The van der Waals surface area contributed by atoms with E-state index in [1.807, 2.05) is 11.3 Å². The molecule has 23 heavy (non-hydrogen) atoms. The van der Waals surface area contributed by atoms with Gasteiger partial charge in [0.15, 0.2) is 0 Å². The number of para-hydroxylation sites is 1. The van der Waals surface area contributed by atoms with Gasteiger partial charge in [-0.3, -0.25) is 0 Å². The van der Waals surface area contributed by atoms with Crippen LogP contribution in [-0.2, 0) is 10.8 Å². The second-order valence-corrected chi connectivity index (χ2v) is 9.34. The first-order valence-corrected chi connectivity index (χ1v) is 9.01. The molecule has 0 atom stereocenters. The summed E-state index contributed by atoms with van der Waals surface area (Å²) in [6, 6.07) is 10.5. The highest BCUT2D eigenvalue weighted by Crippen LogP contribution is 2.45. The first-order chi connectivity index (χ1) is 10.6. The Labute approximate surface area is 143 Å². The van der Waals surface area contributed by atoms with E-state index >= 15 is 0 Å². The van der Waals surface area contributed by atoms with Gasteiger partial charge in [-0.15, -0.1) is 11.3 Å². The highest BCUT2D eigenvalue weighted by Gasteiger charge is 2.31. The number of thiophene rings is 1. The Kier molecular flexibility index (Phi) is 3.68. The number of aromatic nitrogens is 2. The minimum absolute atomic E-state index is 0.103. The van der Waals surface area contributed by atoms with Gasteiger partial charge in [0.2, 0.25) is 0 Å². The van der Waals surface area contributed by atoms with Crippen LogP contribution in [0.3, 0.4) is 0 Å². The third-order valence-electron chi connectivity index (χ3n) is 4.07. The van der Waals surface area contributed by atoms with Gasteiger partial charge in [0.25, 0.3) is 0 Å². The molecule has 0 aliphatic carbocycles. The number of fused-ring (bicyclic) bond motifs is 1. The van der Waals surface area contributed by atoms with Gasteiger partial charge in [-0.1, -0.05) is 59.7 Å². The van der Waals surface area contributed by atoms with Crippen LogP contribution in [0, 0.1) is 6.92 Å². The van der Waals surface area contributed by atoms with Gasteiger partial charge >= 0.3 is 0 Å². The van der Waals surface area contributed by atoms with Gasteiger partial charge in [0, 0.05) is 15.1 Å². The highest BCUT2D eigenvalue weighted by atomic mass is 32.1. The van der Waals surface area contributed by atoms with E-state index in [0.29, 0.717) is 0 Å². The zero-order valence-corrected chi connectivity index (χ0v) is 16.0. The molecular weight excluding hydrogens is 300 g/mol. The maximum Gasteiger partial charge on any atom is 0.0891 e. The SMILES string of the molecule is Cc1nn(-c2ccccc2)c2c(C(C)(C)C)sc(C(C)(C)C)c12. The van der Waals surface area contributed by atoms with E-state index in [4.69, 9.17) is 5.10 Å². The molecule has 2 nitrogen and oxygen atoms in total. The van der Waals surface area contributed by atoms with E-state index in [1.165, 1.54) is 20.7 Å². The lowest BCUT2D eigenvalue weighted by molar-refractivity contribution is 0.602. The largest absolute Gasteiger partial charge is 0.232 e. The van der Waals surface area contributed by atoms with E-state index in [1.54, 1.807) is 0 Å². The van der Waals surface area contributed by atoms with Crippen LogP contribution in [0.4, 0.5) is 0 Å². The summed E-state index contributed by atoms with van der Waals surface area (Å²) in [7, 11) is 0. The van der Waals surface area contributed by atoms with Crippen molar-refractivity contribution in [3.63, 3.8) is 0 Å². The van der Waals surface area contributed by atoms with Crippen molar-refractivity contribution in [3.05, 3.63) is 45.8 Å². The van der Waals surface area contributed by atoms with Crippen molar-refractivity contribution < 1.29 is 0 Å². The molecule has 2 aromatic heterocycles. The van der Waals surface area contributed by atoms with Gasteiger partial charge in [-0.2, -0.15) is 5.10 Å². The fourth-order valence-corrected chi connectivity index (χ4v) is 4.45. The summed E-state index contributed by atoms with van der Waals surface area (Å²) in [6.07, 6.45) is 0. The minimum Gasteiger partial charge on any atom is -0.232 e. The van der Waals surface area contributed by atoms with Crippen LogP contribution in [0.5, 0.6) is 0 Å². The average Bonchev–Trinajstić information content (AvgIpc) is 2.98. The number of hydrogen-bond donors (Lipinski definition) is 0. The summed E-state index contributed by atoms with van der Waals surface area (Å²) in [6.45, 7) is 15.9. The van der Waals surface area contributed by atoms with Crippen molar-refractivity contribution in [1.82, 2.24) is 9.78 Å². The van der Waals surface area contributed by atoms with Crippen LogP contribution >= 0.6 is 11.3 Å². The molecule has 122 valence electrons. The molecule has 3 heteroatoms. The van der Waals surface area contributed by atoms with E-state index in [-0.39, 0.29) is 10.8 Å². The molecule has 0 aliphatic heterocycles. The lowest BCUT2D eigenvalue weighted by Crippen LogP contribution is -2.11. The minimum atomic E-state index is 0.103. The highest BCUT2D eigenvalue weighted by molar-refractivity contribution is 7.14. The third kappa shape index (κ3) is 2.72. The monoisotopic (exact) mass is 326 g/mol. The molecule has 0 fully saturated rings. The predicted molar refractivity (Wildman–Crippen MR) is 101 cm³/mol. The Morgan fingerprint density at radius 2 is 1.43 bits per heavy atom. The van der Waals surface area contributed by atoms with E-state index in [0.717, 1.165) is 11.4 Å². The van der Waals surface area contributed by atoms with E-state index in [9.17, 15) is 0 Å². The number of benzene rings is 1. The number of aryl methyl sites for hydroxylation is 1. The molecule has 0 saturated carbocycles. The van der Waals surface area contributed by atoms with Gasteiger partial charge in [0.05, 0.1) is 16.9 Å². The smallest absolute Gasteiger partial charge is 0.0891 e.